The molecule has 0 spiro atoms. The largest absolute Gasteiger partial charge is 0.492 e. The molecular weight excluding hydrogens is 268 g/mol. The third kappa shape index (κ3) is 2.74. The maximum atomic E-state index is 5.94. The van der Waals surface area contributed by atoms with E-state index in [0.29, 0.717) is 30.6 Å². The van der Waals surface area contributed by atoms with Crippen molar-refractivity contribution in [3.8, 4) is 11.6 Å². The number of fused-ring (bicyclic) bond motifs is 1. The van der Waals surface area contributed by atoms with Crippen LogP contribution in [-0.2, 0) is 6.54 Å². The molecule has 0 aliphatic heterocycles. The summed E-state index contributed by atoms with van der Waals surface area (Å²) in [5, 5.41) is 0. The summed E-state index contributed by atoms with van der Waals surface area (Å²) >= 11 is 0. The van der Waals surface area contributed by atoms with Gasteiger partial charge < -0.3 is 15.2 Å². The van der Waals surface area contributed by atoms with Crippen LogP contribution >= 0.6 is 0 Å². The van der Waals surface area contributed by atoms with E-state index in [1.165, 1.54) is 0 Å². The molecule has 0 saturated carbocycles. The summed E-state index contributed by atoms with van der Waals surface area (Å²) in [6, 6.07) is 13.2. The van der Waals surface area contributed by atoms with Gasteiger partial charge in [0.05, 0.1) is 13.7 Å². The molecular formula is C15H16N4O2. The number of ether oxygens (including phenoxy) is 2. The first-order valence-corrected chi connectivity index (χ1v) is 6.62. The van der Waals surface area contributed by atoms with Gasteiger partial charge in [0.1, 0.15) is 17.9 Å². The lowest BCUT2D eigenvalue weighted by molar-refractivity contribution is 0.300. The van der Waals surface area contributed by atoms with Crippen molar-refractivity contribution in [1.29, 1.82) is 0 Å². The number of anilines is 1. The summed E-state index contributed by atoms with van der Waals surface area (Å²) in [5.41, 5.74) is 7.38. The van der Waals surface area contributed by atoms with Crippen molar-refractivity contribution in [2.45, 2.75) is 6.54 Å². The second-order valence-corrected chi connectivity index (χ2v) is 4.48. The number of imidazole rings is 1. The second-order valence-electron chi connectivity index (χ2n) is 4.48. The fourth-order valence-corrected chi connectivity index (χ4v) is 2.11. The van der Waals surface area contributed by atoms with Crippen molar-refractivity contribution in [3.63, 3.8) is 0 Å². The number of rotatable bonds is 5. The van der Waals surface area contributed by atoms with Gasteiger partial charge in [-0.2, -0.15) is 4.98 Å². The molecule has 6 nitrogen and oxygen atoms in total. The summed E-state index contributed by atoms with van der Waals surface area (Å²) in [7, 11) is 1.58. The minimum absolute atomic E-state index is 0.419. The van der Waals surface area contributed by atoms with E-state index in [1.54, 1.807) is 13.2 Å². The number of nitrogen functional groups attached to an aromatic ring is 1. The lowest BCUT2D eigenvalue weighted by atomic mass is 10.3. The molecule has 6 heteroatoms. The quantitative estimate of drug-likeness (QED) is 0.776. The Labute approximate surface area is 122 Å². The van der Waals surface area contributed by atoms with E-state index in [9.17, 15) is 0 Å². The highest BCUT2D eigenvalue weighted by molar-refractivity contribution is 5.74. The van der Waals surface area contributed by atoms with Gasteiger partial charge in [0.15, 0.2) is 5.65 Å². The van der Waals surface area contributed by atoms with Crippen LogP contribution < -0.4 is 15.2 Å². The highest BCUT2D eigenvalue weighted by atomic mass is 16.5. The van der Waals surface area contributed by atoms with Crippen LogP contribution in [-0.4, -0.2) is 28.3 Å². The normalized spacial score (nSPS) is 10.7. The van der Waals surface area contributed by atoms with Crippen molar-refractivity contribution in [1.82, 2.24) is 14.5 Å². The number of nitrogens with two attached hydrogens (primary N) is 1. The Bertz CT molecular complexity index is 740. The fraction of sp³-hybridized carbons (Fsp3) is 0.200. The summed E-state index contributed by atoms with van der Waals surface area (Å²) < 4.78 is 12.6. The predicted molar refractivity (Wildman–Crippen MR) is 80.4 cm³/mol. The Morgan fingerprint density at radius 3 is 2.67 bits per heavy atom. The van der Waals surface area contributed by atoms with Crippen LogP contribution in [0.4, 0.5) is 5.95 Å². The molecule has 0 fully saturated rings. The first-order valence-electron chi connectivity index (χ1n) is 6.62. The molecule has 0 atom stereocenters. The monoisotopic (exact) mass is 284 g/mol. The molecule has 0 radical (unpaired) electrons. The standard InChI is InChI=1S/C15H16N4O2/c1-20-13-8-7-12-14(18-13)19(15(16)17-12)9-10-21-11-5-3-2-4-6-11/h2-8H,9-10H2,1H3,(H2,16,17). The Morgan fingerprint density at radius 2 is 1.90 bits per heavy atom. The van der Waals surface area contributed by atoms with Crippen molar-refractivity contribution in [2.75, 3.05) is 19.5 Å². The van der Waals surface area contributed by atoms with Crippen LogP contribution in [0.2, 0.25) is 0 Å². The first-order chi connectivity index (χ1) is 10.3. The predicted octanol–water partition coefficient (Wildman–Crippen LogP) is 2.10. The Kier molecular flexibility index (Phi) is 3.59. The van der Waals surface area contributed by atoms with E-state index in [4.69, 9.17) is 15.2 Å². The van der Waals surface area contributed by atoms with E-state index in [0.717, 1.165) is 11.3 Å². The van der Waals surface area contributed by atoms with Crippen LogP contribution in [0.1, 0.15) is 0 Å². The van der Waals surface area contributed by atoms with E-state index >= 15 is 0 Å². The smallest absolute Gasteiger partial charge is 0.215 e. The zero-order valence-corrected chi connectivity index (χ0v) is 11.7. The molecule has 0 aliphatic carbocycles. The molecule has 0 aliphatic rings. The lowest BCUT2D eigenvalue weighted by Crippen LogP contribution is -2.11. The summed E-state index contributed by atoms with van der Waals surface area (Å²) in [6.07, 6.45) is 0. The number of methoxy groups -OCH3 is 1. The van der Waals surface area contributed by atoms with Gasteiger partial charge in [-0.3, -0.25) is 4.57 Å². The lowest BCUT2D eigenvalue weighted by Gasteiger charge is -2.08. The Hall–Kier alpha value is -2.76. The van der Waals surface area contributed by atoms with Gasteiger partial charge in [-0.05, 0) is 18.2 Å². The second kappa shape index (κ2) is 5.70. The third-order valence-corrected chi connectivity index (χ3v) is 3.13. The summed E-state index contributed by atoms with van der Waals surface area (Å²) in [4.78, 5) is 8.66. The number of hydrogen-bond donors (Lipinski definition) is 1. The number of benzene rings is 1. The molecule has 2 heterocycles. The van der Waals surface area contributed by atoms with Gasteiger partial charge in [0.25, 0.3) is 0 Å². The summed E-state index contributed by atoms with van der Waals surface area (Å²) in [6.45, 7) is 1.05. The average Bonchev–Trinajstić information content (AvgIpc) is 2.83. The van der Waals surface area contributed by atoms with Crippen LogP contribution in [0.15, 0.2) is 42.5 Å². The molecule has 0 saturated heterocycles. The van der Waals surface area contributed by atoms with E-state index in [1.807, 2.05) is 41.0 Å². The minimum Gasteiger partial charge on any atom is -0.492 e. The molecule has 21 heavy (non-hydrogen) atoms. The Balaban J connectivity index is 1.78. The minimum atomic E-state index is 0.419. The summed E-state index contributed by atoms with van der Waals surface area (Å²) in [5.74, 6) is 1.78. The number of aromatic nitrogens is 3. The van der Waals surface area contributed by atoms with Crippen LogP contribution in [0, 0.1) is 0 Å². The average molecular weight is 284 g/mol. The molecule has 108 valence electrons. The van der Waals surface area contributed by atoms with Crippen LogP contribution in [0.3, 0.4) is 0 Å². The van der Waals surface area contributed by atoms with Crippen molar-refractivity contribution in [3.05, 3.63) is 42.5 Å². The maximum absolute atomic E-state index is 5.94. The molecule has 0 bridgehead atoms. The maximum Gasteiger partial charge on any atom is 0.215 e. The molecule has 3 aromatic rings. The third-order valence-electron chi connectivity index (χ3n) is 3.13. The van der Waals surface area contributed by atoms with Crippen LogP contribution in [0.25, 0.3) is 11.2 Å². The van der Waals surface area contributed by atoms with Gasteiger partial charge in [-0.15, -0.1) is 0 Å². The van der Waals surface area contributed by atoms with Crippen molar-refractivity contribution >= 4 is 17.1 Å². The topological polar surface area (TPSA) is 75.2 Å². The SMILES string of the molecule is COc1ccc2nc(N)n(CCOc3ccccc3)c2n1. The van der Waals surface area contributed by atoms with Gasteiger partial charge in [0, 0.05) is 6.07 Å². The highest BCUT2D eigenvalue weighted by Crippen LogP contribution is 2.19. The van der Waals surface area contributed by atoms with E-state index in [-0.39, 0.29) is 0 Å². The Morgan fingerprint density at radius 1 is 1.10 bits per heavy atom. The number of para-hydroxylation sites is 1. The zero-order chi connectivity index (χ0) is 14.7. The molecule has 1 aromatic carbocycles. The van der Waals surface area contributed by atoms with Gasteiger partial charge in [-0.1, -0.05) is 18.2 Å². The molecule has 2 aromatic heterocycles. The van der Waals surface area contributed by atoms with E-state index in [2.05, 4.69) is 9.97 Å². The first kappa shape index (κ1) is 13.2. The van der Waals surface area contributed by atoms with Crippen molar-refractivity contribution < 1.29 is 9.47 Å². The van der Waals surface area contributed by atoms with Gasteiger partial charge in [0.2, 0.25) is 11.8 Å². The van der Waals surface area contributed by atoms with Gasteiger partial charge in [-0.25, -0.2) is 4.98 Å². The molecule has 0 amide bonds. The van der Waals surface area contributed by atoms with Crippen molar-refractivity contribution in [2.24, 2.45) is 0 Å². The fourth-order valence-electron chi connectivity index (χ4n) is 2.11. The zero-order valence-electron chi connectivity index (χ0n) is 11.7. The highest BCUT2D eigenvalue weighted by Gasteiger charge is 2.10. The number of pyridine rings is 1. The van der Waals surface area contributed by atoms with E-state index < -0.39 is 0 Å². The molecule has 2 N–H and O–H groups in total. The van der Waals surface area contributed by atoms with Gasteiger partial charge >= 0.3 is 0 Å². The molecule has 0 unspecified atom stereocenters. The molecule has 3 rings (SSSR count). The number of nitrogens with zero attached hydrogens (tertiary/aromatic N) is 3. The number of hydrogen-bond acceptors (Lipinski definition) is 5. The van der Waals surface area contributed by atoms with Crippen LogP contribution in [0.5, 0.6) is 11.6 Å².